The molecule has 4 nitrogen and oxygen atoms in total. The zero-order valence-electron chi connectivity index (χ0n) is 13.0. The summed E-state index contributed by atoms with van der Waals surface area (Å²) in [5.41, 5.74) is 8.58. The van der Waals surface area contributed by atoms with Crippen molar-refractivity contribution in [3.63, 3.8) is 0 Å². The summed E-state index contributed by atoms with van der Waals surface area (Å²) in [7, 11) is 0. The summed E-state index contributed by atoms with van der Waals surface area (Å²) in [4.78, 5) is 9.01. The zero-order valence-corrected chi connectivity index (χ0v) is 13.0. The van der Waals surface area contributed by atoms with Gasteiger partial charge in [-0.3, -0.25) is 0 Å². The molecule has 2 atom stereocenters. The lowest BCUT2D eigenvalue weighted by Crippen LogP contribution is -2.31. The maximum Gasteiger partial charge on any atom is 0.132 e. The number of fused-ring (bicyclic) bond motifs is 1. The summed E-state index contributed by atoms with van der Waals surface area (Å²) in [5.74, 6) is 2.48. The van der Waals surface area contributed by atoms with Crippen LogP contribution in [0.25, 0.3) is 0 Å². The molecule has 0 bridgehead atoms. The molecule has 0 spiro atoms. The monoisotopic (exact) mass is 288 g/mol. The smallest absolute Gasteiger partial charge is 0.132 e. The number of anilines is 1. The third-order valence-electron chi connectivity index (χ3n) is 5.28. The molecule has 0 saturated heterocycles. The average Bonchev–Trinajstić information content (AvgIpc) is 2.79. The Labute approximate surface area is 127 Å². The Bertz CT molecular complexity index is 460. The molecule has 21 heavy (non-hydrogen) atoms. The van der Waals surface area contributed by atoms with Crippen LogP contribution >= 0.6 is 0 Å². The number of aromatic nitrogens is 2. The zero-order chi connectivity index (χ0) is 14.5. The second-order valence-corrected chi connectivity index (χ2v) is 6.63. The molecular weight excluding hydrogens is 260 g/mol. The van der Waals surface area contributed by atoms with Gasteiger partial charge in [0.1, 0.15) is 12.1 Å². The first kappa shape index (κ1) is 14.8. The van der Waals surface area contributed by atoms with Crippen molar-refractivity contribution in [3.05, 3.63) is 17.6 Å². The predicted octanol–water partition coefficient (Wildman–Crippen LogP) is 2.92. The SMILES string of the molecule is NCC1CCCCC1CNc1ncnc2c1CCCCC2. The molecule has 0 radical (unpaired) electrons. The van der Waals surface area contributed by atoms with E-state index in [0.29, 0.717) is 11.8 Å². The summed E-state index contributed by atoms with van der Waals surface area (Å²) < 4.78 is 0. The van der Waals surface area contributed by atoms with Gasteiger partial charge >= 0.3 is 0 Å². The number of nitrogens with one attached hydrogen (secondary N) is 1. The van der Waals surface area contributed by atoms with Crippen molar-refractivity contribution in [2.45, 2.75) is 57.8 Å². The van der Waals surface area contributed by atoms with Crippen LogP contribution in [0.1, 0.15) is 56.2 Å². The number of rotatable bonds is 4. The number of nitrogens with zero attached hydrogens (tertiary/aromatic N) is 2. The van der Waals surface area contributed by atoms with E-state index in [9.17, 15) is 0 Å². The predicted molar refractivity (Wildman–Crippen MR) is 86.3 cm³/mol. The fourth-order valence-corrected chi connectivity index (χ4v) is 3.94. The van der Waals surface area contributed by atoms with Crippen LogP contribution in [0.2, 0.25) is 0 Å². The fraction of sp³-hybridized carbons (Fsp3) is 0.765. The summed E-state index contributed by atoms with van der Waals surface area (Å²) in [6.45, 7) is 1.85. The maximum absolute atomic E-state index is 5.94. The van der Waals surface area contributed by atoms with Gasteiger partial charge in [-0.1, -0.05) is 19.3 Å². The van der Waals surface area contributed by atoms with Crippen LogP contribution in [0, 0.1) is 11.8 Å². The summed E-state index contributed by atoms with van der Waals surface area (Å²) >= 11 is 0. The van der Waals surface area contributed by atoms with Gasteiger partial charge in [0.15, 0.2) is 0 Å². The minimum absolute atomic E-state index is 0.687. The van der Waals surface area contributed by atoms with Gasteiger partial charge in [-0.05, 0) is 56.9 Å². The van der Waals surface area contributed by atoms with Gasteiger partial charge in [0.05, 0.1) is 0 Å². The van der Waals surface area contributed by atoms with E-state index >= 15 is 0 Å². The van der Waals surface area contributed by atoms with Crippen LogP contribution in [-0.4, -0.2) is 23.1 Å². The molecule has 3 rings (SSSR count). The van der Waals surface area contributed by atoms with Crippen LogP contribution in [-0.2, 0) is 12.8 Å². The lowest BCUT2D eigenvalue weighted by Gasteiger charge is -2.31. The Morgan fingerprint density at radius 1 is 1.00 bits per heavy atom. The van der Waals surface area contributed by atoms with Gasteiger partial charge < -0.3 is 11.1 Å². The first-order chi connectivity index (χ1) is 10.4. The Morgan fingerprint density at radius 3 is 2.67 bits per heavy atom. The number of hydrogen-bond acceptors (Lipinski definition) is 4. The minimum Gasteiger partial charge on any atom is -0.369 e. The highest BCUT2D eigenvalue weighted by Gasteiger charge is 2.24. The van der Waals surface area contributed by atoms with Crippen molar-refractivity contribution in [3.8, 4) is 0 Å². The molecule has 116 valence electrons. The Hall–Kier alpha value is -1.16. The molecule has 1 fully saturated rings. The summed E-state index contributed by atoms with van der Waals surface area (Å²) in [6, 6.07) is 0. The van der Waals surface area contributed by atoms with E-state index in [4.69, 9.17) is 5.73 Å². The second kappa shape index (κ2) is 7.21. The number of nitrogens with two attached hydrogens (primary N) is 1. The molecule has 1 aromatic rings. The Balaban J connectivity index is 1.67. The minimum atomic E-state index is 0.687. The van der Waals surface area contributed by atoms with E-state index < -0.39 is 0 Å². The highest BCUT2D eigenvalue weighted by Crippen LogP contribution is 2.30. The standard InChI is InChI=1S/C17H28N4/c18-10-13-6-4-5-7-14(13)11-19-17-15-8-2-1-3-9-16(15)20-12-21-17/h12-14H,1-11,18H2,(H,19,20,21). The van der Waals surface area contributed by atoms with E-state index in [0.717, 1.165) is 31.7 Å². The summed E-state index contributed by atoms with van der Waals surface area (Å²) in [6.07, 6.45) is 13.1. The average molecular weight is 288 g/mol. The lowest BCUT2D eigenvalue weighted by molar-refractivity contribution is 0.255. The molecule has 2 aliphatic carbocycles. The summed E-state index contributed by atoms with van der Waals surface area (Å²) in [5, 5.41) is 3.63. The van der Waals surface area contributed by atoms with E-state index in [1.165, 1.54) is 56.2 Å². The molecule has 0 aromatic carbocycles. The van der Waals surface area contributed by atoms with Gasteiger partial charge in [-0.25, -0.2) is 9.97 Å². The Kier molecular flexibility index (Phi) is 5.07. The van der Waals surface area contributed by atoms with Crippen molar-refractivity contribution in [1.29, 1.82) is 0 Å². The van der Waals surface area contributed by atoms with E-state index in [2.05, 4.69) is 15.3 Å². The first-order valence-electron chi connectivity index (χ1n) is 8.65. The molecule has 0 amide bonds. The van der Waals surface area contributed by atoms with Gasteiger partial charge in [0.25, 0.3) is 0 Å². The van der Waals surface area contributed by atoms with Crippen LogP contribution in [0.3, 0.4) is 0 Å². The maximum atomic E-state index is 5.94. The third-order valence-corrected chi connectivity index (χ3v) is 5.28. The van der Waals surface area contributed by atoms with E-state index in [1.54, 1.807) is 6.33 Å². The van der Waals surface area contributed by atoms with E-state index in [-0.39, 0.29) is 0 Å². The van der Waals surface area contributed by atoms with Crippen molar-refractivity contribution in [2.75, 3.05) is 18.4 Å². The molecule has 2 aliphatic rings. The quantitative estimate of drug-likeness (QED) is 0.836. The molecular formula is C17H28N4. The van der Waals surface area contributed by atoms with Crippen molar-refractivity contribution in [2.24, 2.45) is 17.6 Å². The Morgan fingerprint density at radius 2 is 1.81 bits per heavy atom. The largest absolute Gasteiger partial charge is 0.369 e. The van der Waals surface area contributed by atoms with Gasteiger partial charge in [0, 0.05) is 17.8 Å². The van der Waals surface area contributed by atoms with Gasteiger partial charge in [0.2, 0.25) is 0 Å². The molecule has 0 aliphatic heterocycles. The molecule has 1 saturated carbocycles. The van der Waals surface area contributed by atoms with E-state index in [1.807, 2.05) is 0 Å². The van der Waals surface area contributed by atoms with Crippen molar-refractivity contribution < 1.29 is 0 Å². The fourth-order valence-electron chi connectivity index (χ4n) is 3.94. The molecule has 4 heteroatoms. The lowest BCUT2D eigenvalue weighted by atomic mass is 9.79. The highest BCUT2D eigenvalue weighted by molar-refractivity contribution is 5.46. The van der Waals surface area contributed by atoms with Crippen LogP contribution < -0.4 is 11.1 Å². The molecule has 1 aromatic heterocycles. The number of hydrogen-bond donors (Lipinski definition) is 2. The van der Waals surface area contributed by atoms with Crippen LogP contribution in [0.5, 0.6) is 0 Å². The van der Waals surface area contributed by atoms with Crippen molar-refractivity contribution in [1.82, 2.24) is 9.97 Å². The topological polar surface area (TPSA) is 63.8 Å². The molecule has 1 heterocycles. The highest BCUT2D eigenvalue weighted by atomic mass is 15.0. The van der Waals surface area contributed by atoms with Gasteiger partial charge in [-0.15, -0.1) is 0 Å². The van der Waals surface area contributed by atoms with Crippen LogP contribution in [0.15, 0.2) is 6.33 Å². The van der Waals surface area contributed by atoms with Gasteiger partial charge in [-0.2, -0.15) is 0 Å². The van der Waals surface area contributed by atoms with Crippen LogP contribution in [0.4, 0.5) is 5.82 Å². The number of aryl methyl sites for hydroxylation is 1. The van der Waals surface area contributed by atoms with Crippen molar-refractivity contribution >= 4 is 5.82 Å². The normalized spacial score (nSPS) is 26.0. The second-order valence-electron chi connectivity index (χ2n) is 6.63. The third kappa shape index (κ3) is 3.54. The first-order valence-corrected chi connectivity index (χ1v) is 8.65. The molecule has 2 unspecified atom stereocenters. The molecule has 3 N–H and O–H groups in total.